The van der Waals surface area contributed by atoms with E-state index in [9.17, 15) is 4.79 Å². The first-order valence-corrected chi connectivity index (χ1v) is 8.24. The zero-order valence-corrected chi connectivity index (χ0v) is 13.8. The van der Waals surface area contributed by atoms with Gasteiger partial charge in [-0.2, -0.15) is 0 Å². The standard InChI is InChI=1S/C15H13N3OS.C2H6/c1-10-8-14(19)18-15(17-10)20-9-11-6-7-16-13-5-3-2-4-12(11)13;1-2/h2-8H,9H2,1H3,(H,17,18,19);1-2H3. The molecule has 4 nitrogen and oxygen atoms in total. The number of hydrogen-bond acceptors (Lipinski definition) is 4. The molecule has 1 aromatic carbocycles. The highest BCUT2D eigenvalue weighted by molar-refractivity contribution is 7.98. The minimum absolute atomic E-state index is 0.111. The summed E-state index contributed by atoms with van der Waals surface area (Å²) < 4.78 is 0. The molecule has 0 atom stereocenters. The van der Waals surface area contributed by atoms with E-state index in [1.807, 2.05) is 51.2 Å². The molecule has 0 saturated heterocycles. The number of thioether (sulfide) groups is 1. The largest absolute Gasteiger partial charge is 0.301 e. The van der Waals surface area contributed by atoms with Crippen molar-refractivity contribution in [3.63, 3.8) is 0 Å². The van der Waals surface area contributed by atoms with Gasteiger partial charge in [-0.3, -0.25) is 9.78 Å². The molecule has 0 fully saturated rings. The molecule has 22 heavy (non-hydrogen) atoms. The van der Waals surface area contributed by atoms with Crippen molar-refractivity contribution in [2.75, 3.05) is 0 Å². The Morgan fingerprint density at radius 2 is 1.95 bits per heavy atom. The lowest BCUT2D eigenvalue weighted by molar-refractivity contribution is 0.905. The number of rotatable bonds is 3. The lowest BCUT2D eigenvalue weighted by atomic mass is 10.1. The van der Waals surface area contributed by atoms with E-state index < -0.39 is 0 Å². The van der Waals surface area contributed by atoms with Gasteiger partial charge < -0.3 is 4.98 Å². The van der Waals surface area contributed by atoms with Crippen LogP contribution >= 0.6 is 11.8 Å². The number of aryl methyl sites for hydroxylation is 1. The van der Waals surface area contributed by atoms with E-state index in [1.54, 1.807) is 0 Å². The summed E-state index contributed by atoms with van der Waals surface area (Å²) in [6, 6.07) is 11.5. The second-order valence-electron chi connectivity index (χ2n) is 4.47. The van der Waals surface area contributed by atoms with Gasteiger partial charge in [0.1, 0.15) is 0 Å². The van der Waals surface area contributed by atoms with Gasteiger partial charge >= 0.3 is 0 Å². The van der Waals surface area contributed by atoms with Gasteiger partial charge in [-0.05, 0) is 24.6 Å². The van der Waals surface area contributed by atoms with Crippen molar-refractivity contribution in [2.45, 2.75) is 31.7 Å². The van der Waals surface area contributed by atoms with E-state index in [2.05, 4.69) is 21.0 Å². The predicted molar refractivity (Wildman–Crippen MR) is 92.2 cm³/mol. The second kappa shape index (κ2) is 7.75. The molecule has 0 unspecified atom stereocenters. The topological polar surface area (TPSA) is 58.6 Å². The number of hydrogen-bond donors (Lipinski definition) is 1. The van der Waals surface area contributed by atoms with Gasteiger partial charge in [0, 0.05) is 29.1 Å². The van der Waals surface area contributed by atoms with Crippen molar-refractivity contribution in [3.05, 3.63) is 64.2 Å². The minimum Gasteiger partial charge on any atom is -0.301 e. The summed E-state index contributed by atoms with van der Waals surface area (Å²) in [5, 5.41) is 1.79. The van der Waals surface area contributed by atoms with Crippen LogP contribution in [-0.2, 0) is 5.75 Å². The number of nitrogens with one attached hydrogen (secondary N) is 1. The molecular formula is C17H19N3OS. The van der Waals surface area contributed by atoms with Crippen LogP contribution in [0.2, 0.25) is 0 Å². The third kappa shape index (κ3) is 3.95. The molecule has 0 spiro atoms. The van der Waals surface area contributed by atoms with Gasteiger partial charge in [-0.1, -0.05) is 43.8 Å². The smallest absolute Gasteiger partial charge is 0.251 e. The van der Waals surface area contributed by atoms with Gasteiger partial charge in [0.2, 0.25) is 0 Å². The molecule has 0 aliphatic heterocycles. The normalized spacial score (nSPS) is 10.1. The van der Waals surface area contributed by atoms with Crippen LogP contribution in [0.25, 0.3) is 10.9 Å². The Bertz CT molecular complexity index is 809. The number of benzene rings is 1. The Morgan fingerprint density at radius 3 is 2.73 bits per heavy atom. The van der Waals surface area contributed by atoms with Crippen LogP contribution in [0.4, 0.5) is 0 Å². The van der Waals surface area contributed by atoms with Gasteiger partial charge in [0.25, 0.3) is 5.56 Å². The molecule has 0 aliphatic carbocycles. The van der Waals surface area contributed by atoms with Crippen LogP contribution in [0.15, 0.2) is 52.5 Å². The van der Waals surface area contributed by atoms with E-state index in [0.29, 0.717) is 5.16 Å². The Hall–Kier alpha value is -2.14. The second-order valence-corrected chi connectivity index (χ2v) is 5.43. The Labute approximate surface area is 134 Å². The highest BCUT2D eigenvalue weighted by Crippen LogP contribution is 2.23. The average Bonchev–Trinajstić information content (AvgIpc) is 2.54. The molecule has 0 radical (unpaired) electrons. The SMILES string of the molecule is CC.Cc1cc(=O)[nH]c(SCc2ccnc3ccccc23)n1. The zero-order chi connectivity index (χ0) is 15.9. The van der Waals surface area contributed by atoms with E-state index in [1.165, 1.54) is 23.4 Å². The fourth-order valence-electron chi connectivity index (χ4n) is 2.05. The zero-order valence-electron chi connectivity index (χ0n) is 13.0. The molecule has 3 rings (SSSR count). The third-order valence-corrected chi connectivity index (χ3v) is 3.87. The quantitative estimate of drug-likeness (QED) is 0.587. The molecular weight excluding hydrogens is 294 g/mol. The van der Waals surface area contributed by atoms with E-state index >= 15 is 0 Å². The number of aromatic amines is 1. The van der Waals surface area contributed by atoms with Gasteiger partial charge in [0.05, 0.1) is 5.52 Å². The molecule has 0 aliphatic rings. The average molecular weight is 313 g/mol. The highest BCUT2D eigenvalue weighted by Gasteiger charge is 2.04. The number of pyridine rings is 1. The molecule has 0 saturated carbocycles. The number of fused-ring (bicyclic) bond motifs is 1. The van der Waals surface area contributed by atoms with Crippen molar-refractivity contribution >= 4 is 22.7 Å². The molecule has 3 aromatic rings. The van der Waals surface area contributed by atoms with Crippen molar-refractivity contribution in [2.24, 2.45) is 0 Å². The maximum Gasteiger partial charge on any atom is 0.251 e. The molecule has 2 heterocycles. The Kier molecular flexibility index (Phi) is 5.72. The number of para-hydroxylation sites is 1. The van der Waals surface area contributed by atoms with Crippen LogP contribution in [0.1, 0.15) is 25.1 Å². The Morgan fingerprint density at radius 1 is 1.18 bits per heavy atom. The first-order chi connectivity index (χ1) is 10.7. The van der Waals surface area contributed by atoms with E-state index in [-0.39, 0.29) is 5.56 Å². The summed E-state index contributed by atoms with van der Waals surface area (Å²) in [6.45, 7) is 5.82. The number of H-pyrrole nitrogens is 1. The van der Waals surface area contributed by atoms with Crippen LogP contribution in [0.5, 0.6) is 0 Å². The fraction of sp³-hybridized carbons (Fsp3) is 0.235. The summed E-state index contributed by atoms with van der Waals surface area (Å²) in [5.74, 6) is 0.745. The van der Waals surface area contributed by atoms with Crippen LogP contribution in [0, 0.1) is 6.92 Å². The molecule has 1 N–H and O–H groups in total. The van der Waals surface area contributed by atoms with Crippen molar-refractivity contribution in [1.29, 1.82) is 0 Å². The first kappa shape index (κ1) is 16.2. The molecule has 114 valence electrons. The Balaban J connectivity index is 0.000000847. The summed E-state index contributed by atoms with van der Waals surface area (Å²) >= 11 is 1.52. The van der Waals surface area contributed by atoms with Crippen molar-refractivity contribution in [1.82, 2.24) is 15.0 Å². The van der Waals surface area contributed by atoms with Crippen LogP contribution in [-0.4, -0.2) is 15.0 Å². The van der Waals surface area contributed by atoms with Gasteiger partial charge in [0.15, 0.2) is 5.16 Å². The van der Waals surface area contributed by atoms with E-state index in [0.717, 1.165) is 22.3 Å². The maximum absolute atomic E-state index is 11.4. The van der Waals surface area contributed by atoms with Crippen LogP contribution < -0.4 is 5.56 Å². The molecule has 5 heteroatoms. The lowest BCUT2D eigenvalue weighted by Crippen LogP contribution is -2.08. The van der Waals surface area contributed by atoms with Crippen LogP contribution in [0.3, 0.4) is 0 Å². The predicted octanol–water partition coefficient (Wildman–Crippen LogP) is 3.95. The third-order valence-electron chi connectivity index (χ3n) is 2.95. The van der Waals surface area contributed by atoms with Crippen molar-refractivity contribution in [3.8, 4) is 0 Å². The van der Waals surface area contributed by atoms with Gasteiger partial charge in [-0.25, -0.2) is 4.98 Å². The first-order valence-electron chi connectivity index (χ1n) is 7.26. The number of nitrogens with zero attached hydrogens (tertiary/aromatic N) is 2. The lowest BCUT2D eigenvalue weighted by Gasteiger charge is -2.05. The fourth-order valence-corrected chi connectivity index (χ4v) is 2.97. The van der Waals surface area contributed by atoms with E-state index in [4.69, 9.17) is 0 Å². The monoisotopic (exact) mass is 313 g/mol. The molecule has 0 bridgehead atoms. The molecule has 0 amide bonds. The highest BCUT2D eigenvalue weighted by atomic mass is 32.2. The summed E-state index contributed by atoms with van der Waals surface area (Å²) in [5.41, 5.74) is 2.79. The summed E-state index contributed by atoms with van der Waals surface area (Å²) in [4.78, 5) is 22.8. The molecule has 2 aromatic heterocycles. The summed E-state index contributed by atoms with van der Waals surface area (Å²) in [6.07, 6.45) is 1.81. The van der Waals surface area contributed by atoms with Gasteiger partial charge in [-0.15, -0.1) is 0 Å². The minimum atomic E-state index is -0.111. The maximum atomic E-state index is 11.4. The van der Waals surface area contributed by atoms with Crippen molar-refractivity contribution < 1.29 is 0 Å². The summed E-state index contributed by atoms with van der Waals surface area (Å²) in [7, 11) is 0. The number of aromatic nitrogens is 3.